The Hall–Kier alpha value is -2.62. The Morgan fingerprint density at radius 2 is 1.93 bits per heavy atom. The fourth-order valence-corrected chi connectivity index (χ4v) is 2.92. The van der Waals surface area contributed by atoms with E-state index in [0.29, 0.717) is 11.3 Å². The van der Waals surface area contributed by atoms with Crippen molar-refractivity contribution in [1.29, 1.82) is 0 Å². The summed E-state index contributed by atoms with van der Waals surface area (Å²) in [6, 6.07) is 6.81. The predicted molar refractivity (Wildman–Crippen MR) is 99.7 cm³/mol. The van der Waals surface area contributed by atoms with E-state index in [2.05, 4.69) is 25.7 Å². The Morgan fingerprint density at radius 3 is 2.59 bits per heavy atom. The van der Waals surface area contributed by atoms with E-state index in [9.17, 15) is 27.9 Å². The summed E-state index contributed by atoms with van der Waals surface area (Å²) < 4.78 is 46.0. The zero-order chi connectivity index (χ0) is 21.6. The van der Waals surface area contributed by atoms with Gasteiger partial charge in [-0.1, -0.05) is 12.1 Å². The zero-order valence-corrected chi connectivity index (χ0v) is 16.8. The highest BCUT2D eigenvalue weighted by Crippen LogP contribution is 2.30. The van der Waals surface area contributed by atoms with Crippen molar-refractivity contribution in [2.24, 2.45) is 0 Å². The van der Waals surface area contributed by atoms with Crippen LogP contribution in [0.15, 0.2) is 34.8 Å². The summed E-state index contributed by atoms with van der Waals surface area (Å²) in [4.78, 5) is 27.9. The Morgan fingerprint density at radius 1 is 1.21 bits per heavy atom. The number of hydrogen-bond acceptors (Lipinski definition) is 6. The van der Waals surface area contributed by atoms with E-state index in [4.69, 9.17) is 4.74 Å². The highest BCUT2D eigenvalue weighted by Gasteiger charge is 2.31. The number of ether oxygens (including phenoxy) is 2. The Balaban J connectivity index is 2.19. The second-order valence-electron chi connectivity index (χ2n) is 5.89. The van der Waals surface area contributed by atoms with Crippen molar-refractivity contribution in [3.05, 3.63) is 51.8 Å². The molecule has 0 atom stereocenters. The molecule has 10 heteroatoms. The number of ketones is 1. The van der Waals surface area contributed by atoms with Gasteiger partial charge in [0.25, 0.3) is 0 Å². The van der Waals surface area contributed by atoms with Crippen LogP contribution in [0, 0.1) is 0 Å². The Kier molecular flexibility index (Phi) is 7.60. The van der Waals surface area contributed by atoms with Crippen LogP contribution in [-0.4, -0.2) is 34.8 Å². The fraction of sp³-hybridized carbons (Fsp3) is 0.316. The van der Waals surface area contributed by atoms with Gasteiger partial charge in [-0.3, -0.25) is 9.59 Å². The molecule has 1 aromatic heterocycles. The first-order chi connectivity index (χ1) is 13.6. The Labute approximate surface area is 172 Å². The number of pyridine rings is 1. The largest absolute Gasteiger partial charge is 0.573 e. The smallest absolute Gasteiger partial charge is 0.504 e. The third kappa shape index (κ3) is 7.04. The number of aromatic nitrogens is 1. The third-order valence-corrected chi connectivity index (χ3v) is 4.25. The van der Waals surface area contributed by atoms with Gasteiger partial charge in [-0.25, -0.2) is 4.98 Å². The molecular formula is C19H17BrF3NO5. The summed E-state index contributed by atoms with van der Waals surface area (Å²) in [5, 5.41) is 10.1. The number of carbonyl (C=O) groups excluding carboxylic acids is 2. The third-order valence-electron chi connectivity index (χ3n) is 3.64. The van der Waals surface area contributed by atoms with Gasteiger partial charge in [0.1, 0.15) is 11.4 Å². The molecule has 1 aromatic carbocycles. The summed E-state index contributed by atoms with van der Waals surface area (Å²) in [6.07, 6.45) is -5.08. The summed E-state index contributed by atoms with van der Waals surface area (Å²) in [5.41, 5.74) is 0.557. The van der Waals surface area contributed by atoms with Gasteiger partial charge in [0, 0.05) is 18.5 Å². The van der Waals surface area contributed by atoms with Crippen molar-refractivity contribution < 1.29 is 37.3 Å². The van der Waals surface area contributed by atoms with E-state index in [1.165, 1.54) is 24.3 Å². The Bertz CT molecular complexity index is 902. The number of hydrogen-bond donors (Lipinski definition) is 1. The van der Waals surface area contributed by atoms with Crippen LogP contribution in [0.1, 0.15) is 41.5 Å². The van der Waals surface area contributed by atoms with Crippen LogP contribution in [0.2, 0.25) is 0 Å². The summed E-state index contributed by atoms with van der Waals surface area (Å²) in [5.74, 6) is -1.86. The lowest BCUT2D eigenvalue weighted by Gasteiger charge is -2.11. The fourth-order valence-electron chi connectivity index (χ4n) is 2.47. The lowest BCUT2D eigenvalue weighted by Crippen LogP contribution is -2.17. The number of Topliss-reactive ketones (excluding diaryl/α,β-unsaturated/α-hetero) is 1. The number of carbonyl (C=O) groups is 2. The molecule has 0 unspecified atom stereocenters. The maximum atomic E-state index is 12.4. The SMILES string of the molecule is CCOC(=O)CCC(=O)c1nc(Cc2cccc(OC(F)(F)F)c2)cc(Br)c1O. The minimum Gasteiger partial charge on any atom is -0.504 e. The quantitative estimate of drug-likeness (QED) is 0.444. The molecule has 1 N–H and O–H groups in total. The second kappa shape index (κ2) is 9.73. The zero-order valence-electron chi connectivity index (χ0n) is 15.3. The molecule has 0 saturated heterocycles. The normalized spacial score (nSPS) is 11.2. The molecular weight excluding hydrogens is 459 g/mol. The highest BCUT2D eigenvalue weighted by atomic mass is 79.9. The number of alkyl halides is 3. The van der Waals surface area contributed by atoms with Gasteiger partial charge in [0.15, 0.2) is 11.5 Å². The minimum atomic E-state index is -4.81. The van der Waals surface area contributed by atoms with Gasteiger partial charge >= 0.3 is 12.3 Å². The molecule has 0 aliphatic rings. The van der Waals surface area contributed by atoms with Crippen molar-refractivity contribution in [2.75, 3.05) is 6.61 Å². The number of aromatic hydroxyl groups is 1. The number of halogens is 4. The van der Waals surface area contributed by atoms with Crippen LogP contribution < -0.4 is 4.74 Å². The van der Waals surface area contributed by atoms with E-state index in [1.807, 2.05) is 0 Å². The molecule has 0 aliphatic carbocycles. The lowest BCUT2D eigenvalue weighted by molar-refractivity contribution is -0.274. The van der Waals surface area contributed by atoms with Crippen molar-refractivity contribution >= 4 is 27.7 Å². The average molecular weight is 476 g/mol. The van der Waals surface area contributed by atoms with E-state index in [-0.39, 0.29) is 47.5 Å². The van der Waals surface area contributed by atoms with Gasteiger partial charge in [0.2, 0.25) is 0 Å². The maximum absolute atomic E-state index is 12.4. The molecule has 1 heterocycles. The monoisotopic (exact) mass is 475 g/mol. The van der Waals surface area contributed by atoms with Crippen LogP contribution in [0.3, 0.4) is 0 Å². The summed E-state index contributed by atoms with van der Waals surface area (Å²) in [6.45, 7) is 1.83. The van der Waals surface area contributed by atoms with Crippen molar-refractivity contribution in [3.63, 3.8) is 0 Å². The molecule has 2 aromatic rings. The lowest BCUT2D eigenvalue weighted by atomic mass is 10.1. The second-order valence-corrected chi connectivity index (χ2v) is 6.75. The molecule has 0 fully saturated rings. The maximum Gasteiger partial charge on any atom is 0.573 e. The highest BCUT2D eigenvalue weighted by molar-refractivity contribution is 9.10. The minimum absolute atomic E-state index is 0.0894. The van der Waals surface area contributed by atoms with Gasteiger partial charge in [-0.2, -0.15) is 0 Å². The van der Waals surface area contributed by atoms with Gasteiger partial charge in [-0.05, 0) is 46.6 Å². The van der Waals surface area contributed by atoms with Crippen LogP contribution in [0.5, 0.6) is 11.5 Å². The molecule has 0 radical (unpaired) electrons. The molecule has 0 saturated carbocycles. The van der Waals surface area contributed by atoms with Gasteiger partial charge in [0.05, 0.1) is 17.5 Å². The topological polar surface area (TPSA) is 85.7 Å². The van der Waals surface area contributed by atoms with Crippen molar-refractivity contribution in [1.82, 2.24) is 4.98 Å². The molecule has 156 valence electrons. The molecule has 6 nitrogen and oxygen atoms in total. The number of benzene rings is 1. The number of nitrogens with zero attached hydrogens (tertiary/aromatic N) is 1. The summed E-state index contributed by atoms with van der Waals surface area (Å²) in [7, 11) is 0. The van der Waals surface area contributed by atoms with Crippen molar-refractivity contribution in [3.8, 4) is 11.5 Å². The van der Waals surface area contributed by atoms with E-state index < -0.39 is 18.1 Å². The van der Waals surface area contributed by atoms with Gasteiger partial charge in [-0.15, -0.1) is 13.2 Å². The van der Waals surface area contributed by atoms with Gasteiger partial charge < -0.3 is 14.6 Å². The number of rotatable bonds is 8. The molecule has 2 rings (SSSR count). The van der Waals surface area contributed by atoms with Crippen LogP contribution in [0.4, 0.5) is 13.2 Å². The van der Waals surface area contributed by atoms with E-state index in [0.717, 1.165) is 0 Å². The first kappa shape index (κ1) is 22.7. The molecule has 29 heavy (non-hydrogen) atoms. The first-order valence-electron chi connectivity index (χ1n) is 8.51. The summed E-state index contributed by atoms with van der Waals surface area (Å²) >= 11 is 3.13. The standard InChI is InChI=1S/C19H17BrF3NO5/c1-2-28-16(26)7-6-15(25)17-18(27)14(20)10-12(24-17)8-11-4-3-5-13(9-11)29-19(21,22)23/h3-5,9-10,27H,2,6-8H2,1H3. The van der Waals surface area contributed by atoms with E-state index in [1.54, 1.807) is 13.0 Å². The van der Waals surface area contributed by atoms with Crippen LogP contribution >= 0.6 is 15.9 Å². The van der Waals surface area contributed by atoms with Crippen LogP contribution in [0.25, 0.3) is 0 Å². The average Bonchev–Trinajstić information content (AvgIpc) is 2.61. The van der Waals surface area contributed by atoms with Crippen LogP contribution in [-0.2, 0) is 16.0 Å². The number of esters is 1. The van der Waals surface area contributed by atoms with E-state index >= 15 is 0 Å². The molecule has 0 amide bonds. The molecule has 0 spiro atoms. The van der Waals surface area contributed by atoms with Crippen molar-refractivity contribution in [2.45, 2.75) is 32.5 Å². The molecule has 0 aliphatic heterocycles. The molecule has 0 bridgehead atoms. The predicted octanol–water partition coefficient (Wildman–Crippen LogP) is 4.57. The first-order valence-corrected chi connectivity index (χ1v) is 9.30.